The van der Waals surface area contributed by atoms with Crippen molar-refractivity contribution in [3.05, 3.63) is 48.3 Å². The molecule has 2 N–H and O–H groups in total. The summed E-state index contributed by atoms with van der Waals surface area (Å²) in [7, 11) is 0. The number of hydrogen-bond acceptors (Lipinski definition) is 3. The van der Waals surface area contributed by atoms with Gasteiger partial charge in [-0.15, -0.1) is 0 Å². The van der Waals surface area contributed by atoms with Crippen LogP contribution in [-0.2, 0) is 4.74 Å². The van der Waals surface area contributed by atoms with E-state index in [1.807, 2.05) is 24.3 Å². The maximum Gasteiger partial charge on any atom is 0.412 e. The number of benzene rings is 2. The van der Waals surface area contributed by atoms with E-state index >= 15 is 0 Å². The Morgan fingerprint density at radius 3 is 2.67 bits per heavy atom. The number of H-pyrrole nitrogens is 1. The van der Waals surface area contributed by atoms with Crippen LogP contribution in [0.3, 0.4) is 0 Å². The number of carbonyl (C=O) groups is 1. The summed E-state index contributed by atoms with van der Waals surface area (Å²) in [6, 6.07) is 11.6. The zero-order valence-corrected chi connectivity index (χ0v) is 13.7. The molecule has 5 nitrogen and oxygen atoms in total. The highest BCUT2D eigenvalue weighted by molar-refractivity contribution is 5.92. The van der Waals surface area contributed by atoms with Crippen molar-refractivity contribution in [1.29, 1.82) is 0 Å². The minimum Gasteiger partial charge on any atom is -0.444 e. The van der Waals surface area contributed by atoms with Crippen molar-refractivity contribution >= 4 is 22.8 Å². The lowest BCUT2D eigenvalue weighted by molar-refractivity contribution is 0.0636. The van der Waals surface area contributed by atoms with Crippen molar-refractivity contribution in [2.45, 2.75) is 26.4 Å². The van der Waals surface area contributed by atoms with Crippen LogP contribution < -0.4 is 5.32 Å². The molecular weight excluding hydrogens is 309 g/mol. The summed E-state index contributed by atoms with van der Waals surface area (Å²) in [5.41, 5.74) is 1.85. The Morgan fingerprint density at radius 1 is 1.21 bits per heavy atom. The van der Waals surface area contributed by atoms with Gasteiger partial charge in [-0.3, -0.25) is 5.32 Å². The highest BCUT2D eigenvalue weighted by Gasteiger charge is 2.18. The van der Waals surface area contributed by atoms with Crippen molar-refractivity contribution < 1.29 is 13.9 Å². The average molecular weight is 327 g/mol. The Morgan fingerprint density at radius 2 is 1.96 bits per heavy atom. The van der Waals surface area contributed by atoms with E-state index in [9.17, 15) is 9.18 Å². The first-order valence-electron chi connectivity index (χ1n) is 7.56. The summed E-state index contributed by atoms with van der Waals surface area (Å²) in [5.74, 6) is 0.0574. The van der Waals surface area contributed by atoms with Gasteiger partial charge in [0.2, 0.25) is 0 Å². The number of aromatic nitrogens is 2. The molecule has 0 radical (unpaired) electrons. The zero-order chi connectivity index (χ0) is 17.3. The van der Waals surface area contributed by atoms with Gasteiger partial charge in [0.1, 0.15) is 17.2 Å². The Bertz CT molecular complexity index is 864. The van der Waals surface area contributed by atoms with E-state index in [0.717, 1.165) is 11.0 Å². The molecule has 24 heavy (non-hydrogen) atoms. The number of fused-ring (bicyclic) bond motifs is 1. The van der Waals surface area contributed by atoms with E-state index in [0.29, 0.717) is 17.1 Å². The normalized spacial score (nSPS) is 11.5. The van der Waals surface area contributed by atoms with Gasteiger partial charge in [-0.25, -0.2) is 14.2 Å². The predicted octanol–water partition coefficient (Wildman–Crippen LogP) is 4.72. The molecule has 1 heterocycles. The predicted molar refractivity (Wildman–Crippen MR) is 91.3 cm³/mol. The minimum absolute atomic E-state index is 0.416. The van der Waals surface area contributed by atoms with Gasteiger partial charge in [0, 0.05) is 5.56 Å². The Balaban J connectivity index is 1.98. The summed E-state index contributed by atoms with van der Waals surface area (Å²) in [4.78, 5) is 19.6. The van der Waals surface area contributed by atoms with Gasteiger partial charge in [-0.2, -0.15) is 0 Å². The molecule has 0 unspecified atom stereocenters. The highest BCUT2D eigenvalue weighted by atomic mass is 19.1. The average Bonchev–Trinajstić information content (AvgIpc) is 2.91. The van der Waals surface area contributed by atoms with E-state index in [-0.39, 0.29) is 0 Å². The summed E-state index contributed by atoms with van der Waals surface area (Å²) >= 11 is 0. The number of anilines is 1. The molecule has 0 saturated carbocycles. The number of imidazole rings is 1. The van der Waals surface area contributed by atoms with E-state index in [4.69, 9.17) is 4.74 Å². The molecular formula is C18H18FN3O2. The van der Waals surface area contributed by atoms with Crippen LogP contribution in [0.2, 0.25) is 0 Å². The summed E-state index contributed by atoms with van der Waals surface area (Å²) in [5, 5.41) is 2.65. The molecule has 0 aliphatic rings. The lowest BCUT2D eigenvalue weighted by atomic mass is 10.1. The highest BCUT2D eigenvalue weighted by Crippen LogP contribution is 2.29. The van der Waals surface area contributed by atoms with Gasteiger partial charge in [-0.1, -0.05) is 12.1 Å². The number of halogens is 1. The molecule has 2 aromatic carbocycles. The third kappa shape index (κ3) is 3.53. The van der Waals surface area contributed by atoms with Crippen molar-refractivity contribution in [3.8, 4) is 11.4 Å². The van der Waals surface area contributed by atoms with Crippen molar-refractivity contribution in [2.24, 2.45) is 0 Å². The van der Waals surface area contributed by atoms with Gasteiger partial charge in [-0.05, 0) is 51.1 Å². The number of hydrogen-bond donors (Lipinski definition) is 2. The first kappa shape index (κ1) is 16.0. The molecule has 0 spiro atoms. The second kappa shape index (κ2) is 5.96. The topological polar surface area (TPSA) is 67.0 Å². The fourth-order valence-corrected chi connectivity index (χ4v) is 2.32. The van der Waals surface area contributed by atoms with Crippen LogP contribution in [0.5, 0.6) is 0 Å². The number of aromatic amines is 1. The maximum atomic E-state index is 13.7. The number of carbonyl (C=O) groups excluding carboxylic acids is 1. The van der Waals surface area contributed by atoms with Gasteiger partial charge >= 0.3 is 6.09 Å². The molecule has 3 aromatic rings. The molecule has 0 atom stereocenters. The second-order valence-electron chi connectivity index (χ2n) is 6.42. The molecule has 3 rings (SSSR count). The number of rotatable bonds is 2. The number of ether oxygens (including phenoxy) is 1. The molecule has 1 amide bonds. The third-order valence-electron chi connectivity index (χ3n) is 3.26. The van der Waals surface area contributed by atoms with E-state index in [1.54, 1.807) is 20.8 Å². The van der Waals surface area contributed by atoms with Crippen LogP contribution in [0.1, 0.15) is 20.8 Å². The molecule has 1 aromatic heterocycles. The SMILES string of the molecule is CC(C)(C)OC(=O)Nc1ccc(F)cc1-c1nc2ccccc2[nH]1. The largest absolute Gasteiger partial charge is 0.444 e. The number of nitrogens with zero attached hydrogens (tertiary/aromatic N) is 1. The first-order valence-corrected chi connectivity index (χ1v) is 7.56. The lowest BCUT2D eigenvalue weighted by Gasteiger charge is -2.20. The van der Waals surface area contributed by atoms with Crippen LogP contribution in [0.25, 0.3) is 22.4 Å². The fourth-order valence-electron chi connectivity index (χ4n) is 2.32. The number of amides is 1. The van der Waals surface area contributed by atoms with Crippen LogP contribution in [0, 0.1) is 5.82 Å². The van der Waals surface area contributed by atoms with Gasteiger partial charge < -0.3 is 9.72 Å². The number of para-hydroxylation sites is 2. The van der Waals surface area contributed by atoms with Crippen molar-refractivity contribution in [2.75, 3.05) is 5.32 Å². The summed E-state index contributed by atoms with van der Waals surface area (Å²) in [6.45, 7) is 5.33. The fraction of sp³-hybridized carbons (Fsp3) is 0.222. The van der Waals surface area contributed by atoms with Crippen LogP contribution in [0.15, 0.2) is 42.5 Å². The van der Waals surface area contributed by atoms with Crippen LogP contribution in [-0.4, -0.2) is 21.7 Å². The summed E-state index contributed by atoms with van der Waals surface area (Å²) < 4.78 is 19.0. The molecule has 124 valence electrons. The standard InChI is InChI=1S/C18H18FN3O2/c1-18(2,3)24-17(23)22-13-9-8-11(19)10-12(13)16-20-14-6-4-5-7-15(14)21-16/h4-10H,1-3H3,(H,20,21)(H,22,23). The molecule has 0 bridgehead atoms. The van der Waals surface area contributed by atoms with E-state index in [2.05, 4.69) is 15.3 Å². The van der Waals surface area contributed by atoms with E-state index < -0.39 is 17.5 Å². The molecule has 6 heteroatoms. The first-order chi connectivity index (χ1) is 11.3. The Labute approximate surface area is 138 Å². The minimum atomic E-state index is -0.621. The zero-order valence-electron chi connectivity index (χ0n) is 13.7. The molecule has 0 saturated heterocycles. The van der Waals surface area contributed by atoms with Crippen LogP contribution in [0.4, 0.5) is 14.9 Å². The monoisotopic (exact) mass is 327 g/mol. The van der Waals surface area contributed by atoms with Crippen molar-refractivity contribution in [1.82, 2.24) is 9.97 Å². The molecule has 0 aliphatic carbocycles. The lowest BCUT2D eigenvalue weighted by Crippen LogP contribution is -2.27. The van der Waals surface area contributed by atoms with E-state index in [1.165, 1.54) is 18.2 Å². The second-order valence-corrected chi connectivity index (χ2v) is 6.42. The van der Waals surface area contributed by atoms with Gasteiger partial charge in [0.05, 0.1) is 16.7 Å². The Hall–Kier alpha value is -2.89. The van der Waals surface area contributed by atoms with Crippen LogP contribution >= 0.6 is 0 Å². The van der Waals surface area contributed by atoms with Crippen molar-refractivity contribution in [3.63, 3.8) is 0 Å². The Kier molecular flexibility index (Phi) is 3.97. The molecule has 0 fully saturated rings. The third-order valence-corrected chi connectivity index (χ3v) is 3.26. The molecule has 0 aliphatic heterocycles. The quantitative estimate of drug-likeness (QED) is 0.716. The number of nitrogens with one attached hydrogen (secondary N) is 2. The van der Waals surface area contributed by atoms with Gasteiger partial charge in [0.25, 0.3) is 0 Å². The summed E-state index contributed by atoms with van der Waals surface area (Å²) in [6.07, 6.45) is -0.605. The van der Waals surface area contributed by atoms with Gasteiger partial charge in [0.15, 0.2) is 0 Å². The maximum absolute atomic E-state index is 13.7. The smallest absolute Gasteiger partial charge is 0.412 e.